The third kappa shape index (κ3) is 3.09. The molecule has 24 heavy (non-hydrogen) atoms. The normalized spacial score (nSPS) is 26.0. The lowest BCUT2D eigenvalue weighted by Gasteiger charge is -2.41. The summed E-state index contributed by atoms with van der Waals surface area (Å²) in [5.74, 6) is 0.157. The largest absolute Gasteiger partial charge is 0.387 e. The highest BCUT2D eigenvalue weighted by Gasteiger charge is 2.54. The smallest absolute Gasteiger partial charge is 0.183 e. The van der Waals surface area contributed by atoms with Crippen molar-refractivity contribution in [2.45, 2.75) is 57.3 Å². The maximum atomic E-state index is 11.6. The first-order valence-corrected chi connectivity index (χ1v) is 9.10. The second kappa shape index (κ2) is 6.36. The summed E-state index contributed by atoms with van der Waals surface area (Å²) in [5, 5.41) is 17.1. The summed E-state index contributed by atoms with van der Waals surface area (Å²) in [6.45, 7) is 6.69. The Bertz CT molecular complexity index is 746. The number of aryl methyl sites for hydroxylation is 1. The number of rotatable bonds is 4. The first-order valence-electron chi connectivity index (χ1n) is 8.27. The Hall–Kier alpha value is -1.04. The molecule has 1 aliphatic rings. The van der Waals surface area contributed by atoms with E-state index in [1.54, 1.807) is 4.68 Å². The number of aliphatic hydroxyl groups is 1. The molecule has 0 spiro atoms. The molecule has 2 atom stereocenters. The fourth-order valence-electron chi connectivity index (χ4n) is 3.87. The van der Waals surface area contributed by atoms with Crippen LogP contribution in [0.25, 0.3) is 0 Å². The number of nitrogens with zero attached hydrogens (tertiary/aromatic N) is 3. The predicted molar refractivity (Wildman–Crippen MR) is 98.6 cm³/mol. The van der Waals surface area contributed by atoms with Gasteiger partial charge in [0.05, 0.1) is 12.1 Å². The molecule has 1 saturated carbocycles. The van der Waals surface area contributed by atoms with Gasteiger partial charge in [-0.1, -0.05) is 37.6 Å². The van der Waals surface area contributed by atoms with Crippen molar-refractivity contribution < 1.29 is 5.11 Å². The average molecular weight is 366 g/mol. The molecule has 0 aliphatic heterocycles. The highest BCUT2D eigenvalue weighted by molar-refractivity contribution is 7.80. The molecule has 3 rings (SSSR count). The molecule has 0 radical (unpaired) electrons. The zero-order valence-corrected chi connectivity index (χ0v) is 16.0. The molecule has 0 bridgehead atoms. The summed E-state index contributed by atoms with van der Waals surface area (Å²) in [4.78, 5) is 4.06. The minimum Gasteiger partial charge on any atom is -0.387 e. The fourth-order valence-corrected chi connectivity index (χ4v) is 4.16. The van der Waals surface area contributed by atoms with Crippen LogP contribution in [-0.4, -0.2) is 25.5 Å². The van der Waals surface area contributed by atoms with Gasteiger partial charge in [0.25, 0.3) is 0 Å². The molecule has 1 aromatic carbocycles. The fraction of sp³-hybridized carbons (Fsp3) is 0.556. The number of halogens is 1. The molecule has 6 heteroatoms. The zero-order chi connectivity index (χ0) is 17.5. The van der Waals surface area contributed by atoms with Gasteiger partial charge in [-0.05, 0) is 54.7 Å². The van der Waals surface area contributed by atoms with Crippen LogP contribution in [0, 0.1) is 18.3 Å². The molecule has 0 saturated heterocycles. The van der Waals surface area contributed by atoms with Crippen LogP contribution in [0.4, 0.5) is 0 Å². The Balaban J connectivity index is 1.88. The molecular weight excluding hydrogens is 342 g/mol. The molecule has 1 aliphatic carbocycles. The molecule has 4 nitrogen and oxygen atoms in total. The molecule has 130 valence electrons. The van der Waals surface area contributed by atoms with E-state index in [-0.39, 0.29) is 11.3 Å². The molecule has 1 aromatic heterocycles. The van der Waals surface area contributed by atoms with Gasteiger partial charge in [-0.2, -0.15) is 5.10 Å². The van der Waals surface area contributed by atoms with E-state index in [2.05, 4.69) is 48.7 Å². The van der Waals surface area contributed by atoms with Crippen LogP contribution in [0.2, 0.25) is 5.02 Å². The van der Waals surface area contributed by atoms with Crippen molar-refractivity contribution in [1.29, 1.82) is 0 Å². The van der Waals surface area contributed by atoms with Gasteiger partial charge in [0.15, 0.2) is 5.16 Å². The van der Waals surface area contributed by atoms with Crippen molar-refractivity contribution in [3.05, 3.63) is 40.7 Å². The van der Waals surface area contributed by atoms with Crippen LogP contribution >= 0.6 is 24.2 Å². The van der Waals surface area contributed by atoms with E-state index in [1.807, 2.05) is 13.0 Å². The molecular formula is C18H24ClN3OS. The van der Waals surface area contributed by atoms with Crippen LogP contribution in [0.3, 0.4) is 0 Å². The molecule has 0 amide bonds. The van der Waals surface area contributed by atoms with Crippen molar-refractivity contribution in [3.63, 3.8) is 0 Å². The van der Waals surface area contributed by atoms with E-state index in [9.17, 15) is 5.11 Å². The van der Waals surface area contributed by atoms with Gasteiger partial charge in [-0.3, -0.25) is 0 Å². The van der Waals surface area contributed by atoms with Crippen molar-refractivity contribution >= 4 is 24.2 Å². The number of thiol groups is 1. The standard InChI is InChI=1S/C18H24ClN3OS/c1-12-8-13(4-5-15(12)19)9-14-6-7-17(2,3)18(14,23)10-22-16(24)20-11-21-22/h4-5,8,11,14,23H,6-7,9-10H2,1-3H3,(H,20,21,24). The topological polar surface area (TPSA) is 50.9 Å². The maximum Gasteiger partial charge on any atom is 0.183 e. The molecule has 1 N–H and O–H groups in total. The van der Waals surface area contributed by atoms with E-state index < -0.39 is 5.60 Å². The quantitative estimate of drug-likeness (QED) is 0.807. The summed E-state index contributed by atoms with van der Waals surface area (Å²) in [7, 11) is 0. The second-order valence-electron chi connectivity index (χ2n) is 7.55. The summed E-state index contributed by atoms with van der Waals surface area (Å²) in [5.41, 5.74) is 1.24. The third-order valence-electron chi connectivity index (χ3n) is 5.66. The van der Waals surface area contributed by atoms with E-state index in [0.717, 1.165) is 29.8 Å². The van der Waals surface area contributed by atoms with Crippen LogP contribution < -0.4 is 0 Å². The van der Waals surface area contributed by atoms with Gasteiger partial charge in [0, 0.05) is 5.02 Å². The summed E-state index contributed by atoms with van der Waals surface area (Å²) >= 11 is 10.5. The van der Waals surface area contributed by atoms with Gasteiger partial charge < -0.3 is 5.11 Å². The Kier molecular flexibility index (Phi) is 4.71. The van der Waals surface area contributed by atoms with Gasteiger partial charge in [0.2, 0.25) is 0 Å². The Morgan fingerprint density at radius 3 is 2.79 bits per heavy atom. The minimum absolute atomic E-state index is 0.157. The lowest BCUT2D eigenvalue weighted by Crippen LogP contribution is -2.49. The minimum atomic E-state index is -0.855. The van der Waals surface area contributed by atoms with E-state index in [1.165, 1.54) is 11.9 Å². The summed E-state index contributed by atoms with van der Waals surface area (Å²) < 4.78 is 1.69. The van der Waals surface area contributed by atoms with Crippen molar-refractivity contribution in [2.75, 3.05) is 0 Å². The Morgan fingerprint density at radius 1 is 1.42 bits per heavy atom. The van der Waals surface area contributed by atoms with E-state index >= 15 is 0 Å². The van der Waals surface area contributed by atoms with Crippen molar-refractivity contribution in [1.82, 2.24) is 14.8 Å². The maximum absolute atomic E-state index is 11.6. The number of hydrogen-bond acceptors (Lipinski definition) is 4. The van der Waals surface area contributed by atoms with Gasteiger partial charge in [-0.25, -0.2) is 9.67 Å². The molecule has 1 fully saturated rings. The van der Waals surface area contributed by atoms with E-state index in [0.29, 0.717) is 11.7 Å². The zero-order valence-electron chi connectivity index (χ0n) is 14.3. The summed E-state index contributed by atoms with van der Waals surface area (Å²) in [6, 6.07) is 6.11. The highest BCUT2D eigenvalue weighted by atomic mass is 35.5. The van der Waals surface area contributed by atoms with Crippen molar-refractivity contribution in [3.8, 4) is 0 Å². The summed E-state index contributed by atoms with van der Waals surface area (Å²) in [6.07, 6.45) is 4.28. The van der Waals surface area contributed by atoms with Gasteiger partial charge in [-0.15, -0.1) is 12.6 Å². The Labute approximate surface area is 153 Å². The third-order valence-corrected chi connectivity index (χ3v) is 6.43. The Morgan fingerprint density at radius 2 is 2.17 bits per heavy atom. The lowest BCUT2D eigenvalue weighted by molar-refractivity contribution is -0.0922. The van der Waals surface area contributed by atoms with E-state index in [4.69, 9.17) is 11.6 Å². The molecule has 1 heterocycles. The first kappa shape index (κ1) is 17.8. The van der Waals surface area contributed by atoms with Crippen LogP contribution in [-0.2, 0) is 13.0 Å². The SMILES string of the molecule is Cc1cc(CC2CCC(C)(C)C2(O)Cn2ncnc2S)ccc1Cl. The number of hydrogen-bond donors (Lipinski definition) is 2. The van der Waals surface area contributed by atoms with Crippen LogP contribution in [0.15, 0.2) is 29.7 Å². The van der Waals surface area contributed by atoms with Gasteiger partial charge >= 0.3 is 0 Å². The highest BCUT2D eigenvalue weighted by Crippen LogP contribution is 2.51. The first-order chi connectivity index (χ1) is 11.2. The molecule has 2 unspecified atom stereocenters. The number of aromatic nitrogens is 3. The average Bonchev–Trinajstić information content (AvgIpc) is 3.00. The van der Waals surface area contributed by atoms with Crippen LogP contribution in [0.5, 0.6) is 0 Å². The number of benzene rings is 1. The van der Waals surface area contributed by atoms with Crippen molar-refractivity contribution in [2.24, 2.45) is 11.3 Å². The monoisotopic (exact) mass is 365 g/mol. The van der Waals surface area contributed by atoms with Crippen LogP contribution in [0.1, 0.15) is 37.8 Å². The molecule has 2 aromatic rings. The lowest BCUT2D eigenvalue weighted by atomic mass is 9.72. The predicted octanol–water partition coefficient (Wildman–Crippen LogP) is 3.94. The van der Waals surface area contributed by atoms with Gasteiger partial charge in [0.1, 0.15) is 6.33 Å². The second-order valence-corrected chi connectivity index (χ2v) is 8.36.